The van der Waals surface area contributed by atoms with Crippen LogP contribution in [0.1, 0.15) is 34.7 Å². The minimum atomic E-state index is -0.868. The smallest absolute Gasteiger partial charge is 0.326 e. The number of nitro groups is 1. The number of fused-ring (bicyclic) bond motifs is 5. The standard InChI is InChI=1S/C25H22N2O7/c28-20(15-7-4-8-17(9-15)27(32)33)13-34-21(29)12-26-24(30)22-16-10-18(14-5-2-1-3-6-14)19(11-16)23(22)25(26)31/h1-9,16,18-19,22-23H,10-13H2/t16-,18+,19+,22+,23-/m0/s1. The second kappa shape index (κ2) is 8.48. The first-order valence-corrected chi connectivity index (χ1v) is 11.2. The number of benzene rings is 2. The fourth-order valence-electron chi connectivity index (χ4n) is 5.96. The maximum Gasteiger partial charge on any atom is 0.326 e. The highest BCUT2D eigenvalue weighted by molar-refractivity contribution is 6.08. The Hall–Kier alpha value is -3.88. The number of hydrogen-bond donors (Lipinski definition) is 0. The molecule has 3 fully saturated rings. The first-order chi connectivity index (χ1) is 16.3. The minimum absolute atomic E-state index is 0.0355. The molecule has 1 saturated heterocycles. The number of likely N-dealkylation sites (tertiary alicyclic amines) is 1. The predicted molar refractivity (Wildman–Crippen MR) is 117 cm³/mol. The molecule has 9 nitrogen and oxygen atoms in total. The van der Waals surface area contributed by atoms with E-state index < -0.39 is 41.7 Å². The summed E-state index contributed by atoms with van der Waals surface area (Å²) < 4.78 is 4.99. The summed E-state index contributed by atoms with van der Waals surface area (Å²) in [4.78, 5) is 62.0. The number of carbonyl (C=O) groups is 4. The van der Waals surface area contributed by atoms with Crippen LogP contribution in [0, 0.1) is 33.8 Å². The molecule has 2 amide bonds. The van der Waals surface area contributed by atoms with Gasteiger partial charge in [-0.3, -0.25) is 34.2 Å². The Bertz CT molecular complexity index is 1190. The van der Waals surface area contributed by atoms with E-state index in [2.05, 4.69) is 12.1 Å². The van der Waals surface area contributed by atoms with Gasteiger partial charge in [-0.25, -0.2) is 0 Å². The fraction of sp³-hybridized carbons (Fsp3) is 0.360. The molecule has 2 aliphatic carbocycles. The van der Waals surface area contributed by atoms with Crippen LogP contribution < -0.4 is 0 Å². The van der Waals surface area contributed by atoms with E-state index in [1.54, 1.807) is 0 Å². The summed E-state index contributed by atoms with van der Waals surface area (Å²) in [5.41, 5.74) is 0.958. The molecular weight excluding hydrogens is 440 g/mol. The molecule has 174 valence electrons. The Balaban J connectivity index is 1.21. The van der Waals surface area contributed by atoms with E-state index in [4.69, 9.17) is 4.74 Å². The highest BCUT2D eigenvalue weighted by Crippen LogP contribution is 2.61. The van der Waals surface area contributed by atoms with Gasteiger partial charge >= 0.3 is 5.97 Å². The van der Waals surface area contributed by atoms with Gasteiger partial charge in [0.1, 0.15) is 6.54 Å². The van der Waals surface area contributed by atoms with Gasteiger partial charge in [0.15, 0.2) is 6.61 Å². The average molecular weight is 462 g/mol. The van der Waals surface area contributed by atoms with Crippen LogP contribution in [0.25, 0.3) is 0 Å². The molecule has 2 bridgehead atoms. The van der Waals surface area contributed by atoms with Crippen molar-refractivity contribution >= 4 is 29.3 Å². The average Bonchev–Trinajstić information content (AvgIpc) is 3.51. The van der Waals surface area contributed by atoms with Gasteiger partial charge in [-0.1, -0.05) is 42.5 Å². The lowest BCUT2D eigenvalue weighted by Crippen LogP contribution is -2.38. The molecule has 2 saturated carbocycles. The van der Waals surface area contributed by atoms with Crippen LogP contribution in [0.2, 0.25) is 0 Å². The Kier molecular flexibility index (Phi) is 5.47. The number of ketones is 1. The van der Waals surface area contributed by atoms with Crippen LogP contribution in [0.4, 0.5) is 5.69 Å². The lowest BCUT2D eigenvalue weighted by Gasteiger charge is -2.28. The molecule has 0 aromatic heterocycles. The monoisotopic (exact) mass is 462 g/mol. The molecule has 2 aromatic rings. The molecule has 0 radical (unpaired) electrons. The van der Waals surface area contributed by atoms with E-state index in [9.17, 15) is 29.3 Å². The van der Waals surface area contributed by atoms with Gasteiger partial charge in [-0.2, -0.15) is 0 Å². The van der Waals surface area contributed by atoms with E-state index in [1.807, 2.05) is 18.2 Å². The van der Waals surface area contributed by atoms with Crippen molar-refractivity contribution in [1.82, 2.24) is 4.90 Å². The Morgan fingerprint density at radius 1 is 1.00 bits per heavy atom. The van der Waals surface area contributed by atoms with Crippen LogP contribution in [-0.2, 0) is 19.1 Å². The predicted octanol–water partition coefficient (Wildman–Crippen LogP) is 2.75. The highest BCUT2D eigenvalue weighted by Gasteiger charge is 2.64. The number of hydrogen-bond acceptors (Lipinski definition) is 7. The SMILES string of the molecule is O=C(CN1C(=O)[C@@H]2[C@@H]3C[C@@H]([C@@H]2C1=O)[C@@H](c1ccccc1)C3)OCC(=O)c1cccc([N+](=O)[O-])c1. The third-order valence-electron chi connectivity index (χ3n) is 7.36. The Labute approximate surface area is 194 Å². The molecule has 9 heteroatoms. The summed E-state index contributed by atoms with van der Waals surface area (Å²) in [5, 5.41) is 10.9. The number of nitrogens with zero attached hydrogens (tertiary/aromatic N) is 2. The van der Waals surface area contributed by atoms with Crippen molar-refractivity contribution in [3.63, 3.8) is 0 Å². The van der Waals surface area contributed by atoms with E-state index in [1.165, 1.54) is 23.8 Å². The molecule has 0 N–H and O–H groups in total. The van der Waals surface area contributed by atoms with Crippen molar-refractivity contribution in [3.8, 4) is 0 Å². The highest BCUT2D eigenvalue weighted by atomic mass is 16.6. The van der Waals surface area contributed by atoms with Crippen LogP contribution in [0.15, 0.2) is 54.6 Å². The molecule has 34 heavy (non-hydrogen) atoms. The molecule has 5 atom stereocenters. The zero-order valence-corrected chi connectivity index (χ0v) is 18.2. The number of esters is 1. The van der Waals surface area contributed by atoms with Gasteiger partial charge in [0.05, 0.1) is 16.8 Å². The van der Waals surface area contributed by atoms with Gasteiger partial charge in [0, 0.05) is 17.7 Å². The Morgan fingerprint density at radius 2 is 1.74 bits per heavy atom. The van der Waals surface area contributed by atoms with Gasteiger partial charge in [0.2, 0.25) is 17.6 Å². The van der Waals surface area contributed by atoms with E-state index >= 15 is 0 Å². The molecular formula is C25H22N2O7. The summed E-state index contributed by atoms with van der Waals surface area (Å²) in [5.74, 6) is -2.56. The number of imide groups is 1. The summed E-state index contributed by atoms with van der Waals surface area (Å²) in [6.07, 6.45) is 1.69. The second-order valence-electron chi connectivity index (χ2n) is 9.12. The van der Waals surface area contributed by atoms with Gasteiger partial charge in [-0.15, -0.1) is 0 Å². The normalized spacial score (nSPS) is 27.1. The number of carbonyl (C=O) groups excluding carboxylic acids is 4. The third-order valence-corrected chi connectivity index (χ3v) is 7.36. The zero-order valence-electron chi connectivity index (χ0n) is 18.2. The topological polar surface area (TPSA) is 124 Å². The van der Waals surface area contributed by atoms with Gasteiger partial charge in [-0.05, 0) is 36.2 Å². The number of amides is 2. The van der Waals surface area contributed by atoms with Crippen molar-refractivity contribution in [2.24, 2.45) is 23.7 Å². The fourth-order valence-corrected chi connectivity index (χ4v) is 5.96. The quantitative estimate of drug-likeness (QED) is 0.204. The maximum atomic E-state index is 13.1. The molecule has 3 aliphatic rings. The second-order valence-corrected chi connectivity index (χ2v) is 9.12. The van der Waals surface area contributed by atoms with E-state index in [-0.39, 0.29) is 40.8 Å². The first-order valence-electron chi connectivity index (χ1n) is 11.2. The van der Waals surface area contributed by atoms with Crippen molar-refractivity contribution < 1.29 is 28.8 Å². The summed E-state index contributed by atoms with van der Waals surface area (Å²) in [7, 11) is 0. The van der Waals surface area contributed by atoms with Crippen molar-refractivity contribution in [1.29, 1.82) is 0 Å². The third kappa shape index (κ3) is 3.67. The first kappa shape index (κ1) is 21.9. The molecule has 5 rings (SSSR count). The zero-order chi connectivity index (χ0) is 24.0. The number of Topliss-reactive ketones (excluding diaryl/α,β-unsaturated/α-hetero) is 1. The molecule has 2 aromatic carbocycles. The molecule has 0 spiro atoms. The van der Waals surface area contributed by atoms with Crippen LogP contribution in [-0.4, -0.2) is 46.5 Å². The Morgan fingerprint density at radius 3 is 2.47 bits per heavy atom. The summed E-state index contributed by atoms with van der Waals surface area (Å²) in [6.45, 7) is -1.17. The number of ether oxygens (including phenoxy) is 1. The molecule has 0 unspecified atom stereocenters. The van der Waals surface area contributed by atoms with Crippen LogP contribution >= 0.6 is 0 Å². The van der Waals surface area contributed by atoms with Crippen LogP contribution in [0.3, 0.4) is 0 Å². The minimum Gasteiger partial charge on any atom is -0.456 e. The lowest BCUT2D eigenvalue weighted by atomic mass is 9.73. The van der Waals surface area contributed by atoms with Crippen molar-refractivity contribution in [3.05, 3.63) is 75.8 Å². The van der Waals surface area contributed by atoms with E-state index in [0.29, 0.717) is 0 Å². The number of nitro benzene ring substituents is 1. The maximum absolute atomic E-state index is 13.1. The van der Waals surface area contributed by atoms with Gasteiger partial charge in [0.25, 0.3) is 5.69 Å². The molecule has 1 heterocycles. The number of rotatable bonds is 7. The summed E-state index contributed by atoms with van der Waals surface area (Å²) >= 11 is 0. The molecule has 1 aliphatic heterocycles. The van der Waals surface area contributed by atoms with E-state index in [0.717, 1.165) is 23.8 Å². The lowest BCUT2D eigenvalue weighted by molar-refractivity contribution is -0.384. The summed E-state index contributed by atoms with van der Waals surface area (Å²) in [6, 6.07) is 15.1. The largest absolute Gasteiger partial charge is 0.456 e. The van der Waals surface area contributed by atoms with Crippen molar-refractivity contribution in [2.45, 2.75) is 18.8 Å². The van der Waals surface area contributed by atoms with Gasteiger partial charge < -0.3 is 4.74 Å². The van der Waals surface area contributed by atoms with Crippen molar-refractivity contribution in [2.75, 3.05) is 13.2 Å². The van der Waals surface area contributed by atoms with Crippen LogP contribution in [0.5, 0.6) is 0 Å². The number of non-ortho nitro benzene ring substituents is 1.